The van der Waals surface area contributed by atoms with E-state index in [9.17, 15) is 0 Å². The Hall–Kier alpha value is -0.980. The minimum Gasteiger partial charge on any atom is -0.308 e. The highest BCUT2D eigenvalue weighted by Gasteiger charge is 2.08. The third-order valence-corrected chi connectivity index (χ3v) is 3.82. The summed E-state index contributed by atoms with van der Waals surface area (Å²) in [5.41, 5.74) is 1.31. The Labute approximate surface area is 115 Å². The monoisotopic (exact) mass is 280 g/mol. The van der Waals surface area contributed by atoms with Crippen LogP contribution in [0.3, 0.4) is 0 Å². The molecular formula is C12H16N4S2. The van der Waals surface area contributed by atoms with Crippen molar-refractivity contribution in [3.8, 4) is 0 Å². The highest BCUT2D eigenvalue weighted by molar-refractivity contribution is 8.00. The van der Waals surface area contributed by atoms with E-state index in [0.717, 1.165) is 15.9 Å². The Bertz CT molecular complexity index is 474. The third kappa shape index (κ3) is 4.36. The SMILES string of the molecule is CC(C)(C)NCc1ccc(Sc2ncns2)nc1. The van der Waals surface area contributed by atoms with Crippen molar-refractivity contribution in [2.24, 2.45) is 0 Å². The molecule has 0 spiro atoms. The maximum absolute atomic E-state index is 4.42. The second-order valence-electron chi connectivity index (χ2n) is 4.92. The van der Waals surface area contributed by atoms with Gasteiger partial charge in [0.1, 0.15) is 11.4 Å². The highest BCUT2D eigenvalue weighted by atomic mass is 32.2. The van der Waals surface area contributed by atoms with Gasteiger partial charge in [-0.25, -0.2) is 9.97 Å². The van der Waals surface area contributed by atoms with Gasteiger partial charge in [0.2, 0.25) is 0 Å². The van der Waals surface area contributed by atoms with E-state index in [1.165, 1.54) is 28.9 Å². The molecule has 0 saturated heterocycles. The van der Waals surface area contributed by atoms with Gasteiger partial charge in [-0.05, 0) is 55.7 Å². The van der Waals surface area contributed by atoms with Crippen LogP contribution in [0.15, 0.2) is 34.0 Å². The molecule has 1 N–H and O–H groups in total. The van der Waals surface area contributed by atoms with E-state index in [1.54, 1.807) is 6.33 Å². The number of hydrogen-bond donors (Lipinski definition) is 1. The summed E-state index contributed by atoms with van der Waals surface area (Å²) in [6.45, 7) is 7.29. The van der Waals surface area contributed by atoms with Crippen molar-refractivity contribution in [3.05, 3.63) is 30.2 Å². The molecule has 0 aromatic carbocycles. The quantitative estimate of drug-likeness (QED) is 0.933. The van der Waals surface area contributed by atoms with E-state index < -0.39 is 0 Å². The predicted octanol–water partition coefficient (Wildman–Crippen LogP) is 2.97. The Morgan fingerprint density at radius 1 is 1.28 bits per heavy atom. The van der Waals surface area contributed by atoms with Gasteiger partial charge in [-0.1, -0.05) is 6.07 Å². The van der Waals surface area contributed by atoms with E-state index in [2.05, 4.69) is 46.5 Å². The van der Waals surface area contributed by atoms with Gasteiger partial charge in [-0.15, -0.1) is 0 Å². The van der Waals surface area contributed by atoms with E-state index in [-0.39, 0.29) is 5.54 Å². The van der Waals surface area contributed by atoms with Gasteiger partial charge in [0, 0.05) is 18.3 Å². The van der Waals surface area contributed by atoms with Crippen LogP contribution in [0.5, 0.6) is 0 Å². The Morgan fingerprint density at radius 2 is 2.11 bits per heavy atom. The number of rotatable bonds is 4. The molecular weight excluding hydrogens is 264 g/mol. The first-order valence-electron chi connectivity index (χ1n) is 5.67. The van der Waals surface area contributed by atoms with Crippen molar-refractivity contribution in [2.75, 3.05) is 0 Å². The van der Waals surface area contributed by atoms with Gasteiger partial charge in [0.15, 0.2) is 4.34 Å². The van der Waals surface area contributed by atoms with Crippen LogP contribution in [0.4, 0.5) is 0 Å². The molecule has 0 bridgehead atoms. The fourth-order valence-corrected chi connectivity index (χ4v) is 2.57. The van der Waals surface area contributed by atoms with Crippen molar-refractivity contribution in [1.29, 1.82) is 0 Å². The van der Waals surface area contributed by atoms with Gasteiger partial charge >= 0.3 is 0 Å². The standard InChI is InChI=1S/C12H16N4S2/c1-12(2,3)15-7-9-4-5-10(13-6-9)17-11-14-8-16-18-11/h4-6,8,15H,7H2,1-3H3. The summed E-state index contributed by atoms with van der Waals surface area (Å²) in [5.74, 6) is 0. The van der Waals surface area contributed by atoms with Gasteiger partial charge < -0.3 is 5.32 Å². The van der Waals surface area contributed by atoms with Crippen LogP contribution >= 0.6 is 23.3 Å². The first kappa shape index (κ1) is 13.5. The zero-order valence-corrected chi connectivity index (χ0v) is 12.3. The van der Waals surface area contributed by atoms with E-state index >= 15 is 0 Å². The smallest absolute Gasteiger partial charge is 0.175 e. The van der Waals surface area contributed by atoms with Gasteiger partial charge in [-0.2, -0.15) is 4.37 Å². The molecule has 0 fully saturated rings. The lowest BCUT2D eigenvalue weighted by molar-refractivity contribution is 0.424. The number of pyridine rings is 1. The number of nitrogens with zero attached hydrogens (tertiary/aromatic N) is 3. The molecule has 0 saturated carbocycles. The Balaban J connectivity index is 1.93. The number of hydrogen-bond acceptors (Lipinski definition) is 6. The van der Waals surface area contributed by atoms with Crippen LogP contribution in [0, 0.1) is 0 Å². The summed E-state index contributed by atoms with van der Waals surface area (Å²) in [4.78, 5) is 8.54. The van der Waals surface area contributed by atoms with E-state index in [1.807, 2.05) is 12.3 Å². The largest absolute Gasteiger partial charge is 0.308 e. The van der Waals surface area contributed by atoms with E-state index in [4.69, 9.17) is 0 Å². The lowest BCUT2D eigenvalue weighted by atomic mass is 10.1. The first-order chi connectivity index (χ1) is 8.53. The fraction of sp³-hybridized carbons (Fsp3) is 0.417. The molecule has 2 rings (SSSR count). The lowest BCUT2D eigenvalue weighted by Crippen LogP contribution is -2.35. The molecule has 0 aliphatic carbocycles. The van der Waals surface area contributed by atoms with Crippen molar-refractivity contribution in [1.82, 2.24) is 19.7 Å². The summed E-state index contributed by atoms with van der Waals surface area (Å²) in [6, 6.07) is 4.11. The molecule has 2 heterocycles. The maximum atomic E-state index is 4.42. The van der Waals surface area contributed by atoms with Crippen LogP contribution in [0.1, 0.15) is 26.3 Å². The van der Waals surface area contributed by atoms with Gasteiger partial charge in [0.05, 0.1) is 0 Å². The molecule has 0 unspecified atom stereocenters. The summed E-state index contributed by atoms with van der Waals surface area (Å²) < 4.78 is 4.88. The van der Waals surface area contributed by atoms with Crippen LogP contribution in [-0.4, -0.2) is 19.9 Å². The van der Waals surface area contributed by atoms with Crippen LogP contribution in [-0.2, 0) is 6.54 Å². The van der Waals surface area contributed by atoms with Gasteiger partial charge in [-0.3, -0.25) is 0 Å². The molecule has 2 aromatic rings. The summed E-state index contributed by atoms with van der Waals surface area (Å²) in [6.07, 6.45) is 3.47. The van der Waals surface area contributed by atoms with Crippen molar-refractivity contribution in [3.63, 3.8) is 0 Å². The highest BCUT2D eigenvalue weighted by Crippen LogP contribution is 2.26. The molecule has 18 heavy (non-hydrogen) atoms. The maximum Gasteiger partial charge on any atom is 0.175 e. The summed E-state index contributed by atoms with van der Waals surface area (Å²) in [7, 11) is 0. The normalized spacial score (nSPS) is 11.7. The summed E-state index contributed by atoms with van der Waals surface area (Å²) >= 11 is 2.93. The minimum atomic E-state index is 0.125. The van der Waals surface area contributed by atoms with Crippen molar-refractivity contribution < 1.29 is 0 Å². The fourth-order valence-electron chi connectivity index (χ4n) is 1.24. The Morgan fingerprint density at radius 3 is 2.67 bits per heavy atom. The molecule has 2 aromatic heterocycles. The second kappa shape index (κ2) is 5.77. The number of aromatic nitrogens is 3. The molecule has 0 radical (unpaired) electrons. The minimum absolute atomic E-state index is 0.125. The van der Waals surface area contributed by atoms with Crippen LogP contribution < -0.4 is 5.32 Å². The number of nitrogens with one attached hydrogen (secondary N) is 1. The average molecular weight is 280 g/mol. The topological polar surface area (TPSA) is 50.7 Å². The third-order valence-electron chi connectivity index (χ3n) is 2.15. The van der Waals surface area contributed by atoms with E-state index in [0.29, 0.717) is 0 Å². The Kier molecular flexibility index (Phi) is 4.31. The van der Waals surface area contributed by atoms with Crippen molar-refractivity contribution >= 4 is 23.3 Å². The predicted molar refractivity (Wildman–Crippen MR) is 74.9 cm³/mol. The molecule has 0 amide bonds. The average Bonchev–Trinajstić information content (AvgIpc) is 2.80. The molecule has 0 atom stereocenters. The molecule has 0 aliphatic rings. The molecule has 4 nitrogen and oxygen atoms in total. The zero-order valence-electron chi connectivity index (χ0n) is 10.7. The molecule has 96 valence electrons. The molecule has 0 aliphatic heterocycles. The second-order valence-corrected chi connectivity index (χ2v) is 6.97. The van der Waals surface area contributed by atoms with Crippen molar-refractivity contribution in [2.45, 2.75) is 42.2 Å². The van der Waals surface area contributed by atoms with Crippen LogP contribution in [0.2, 0.25) is 0 Å². The summed E-state index contributed by atoms with van der Waals surface area (Å²) in [5, 5.41) is 4.39. The first-order valence-corrected chi connectivity index (χ1v) is 7.26. The lowest BCUT2D eigenvalue weighted by Gasteiger charge is -2.20. The van der Waals surface area contributed by atoms with Gasteiger partial charge in [0.25, 0.3) is 0 Å². The molecule has 6 heteroatoms. The van der Waals surface area contributed by atoms with Crippen LogP contribution in [0.25, 0.3) is 0 Å². The zero-order chi connectivity index (χ0) is 13.0.